The summed E-state index contributed by atoms with van der Waals surface area (Å²) in [5.41, 5.74) is 7.36. The minimum Gasteiger partial charge on any atom is -0.323 e. The lowest BCUT2D eigenvalue weighted by atomic mass is 9.82. The summed E-state index contributed by atoms with van der Waals surface area (Å²) in [5, 5.41) is 3.93. The first-order chi connectivity index (χ1) is 9.30. The first-order valence-electron chi connectivity index (χ1n) is 7.07. The molecular weight excluding hydrogens is 294 g/mol. The van der Waals surface area contributed by atoms with Crippen LogP contribution < -0.4 is 5.73 Å². The topological polar surface area (TPSA) is 85.9 Å². The summed E-state index contributed by atoms with van der Waals surface area (Å²) >= 11 is 1.35. The average molecular weight is 317 g/mol. The van der Waals surface area contributed by atoms with E-state index in [1.54, 1.807) is 0 Å². The summed E-state index contributed by atoms with van der Waals surface area (Å²) in [6.07, 6.45) is 4.68. The number of sulfone groups is 1. The Morgan fingerprint density at radius 1 is 1.35 bits per heavy atom. The fourth-order valence-electron chi connectivity index (χ4n) is 2.95. The number of hydrogen-bond acceptors (Lipinski definition) is 6. The van der Waals surface area contributed by atoms with Crippen LogP contribution in [-0.4, -0.2) is 29.5 Å². The van der Waals surface area contributed by atoms with Crippen molar-refractivity contribution >= 4 is 21.4 Å². The van der Waals surface area contributed by atoms with Gasteiger partial charge in [0.1, 0.15) is 9.84 Å². The van der Waals surface area contributed by atoms with Gasteiger partial charge in [-0.1, -0.05) is 24.8 Å². The number of nitrogens with two attached hydrogens (primary N) is 1. The van der Waals surface area contributed by atoms with Crippen LogP contribution in [-0.2, 0) is 9.84 Å². The standard InChI is InChI=1S/C13H23N3O2S2/c1-8(2)12-13(19-16-15-12)11(14)9-5-4-6-10(7-9)20(3,17)18/h8-11H,4-7,14H2,1-3H3. The molecular formula is C13H23N3O2S2. The van der Waals surface area contributed by atoms with Gasteiger partial charge in [-0.05, 0) is 42.6 Å². The Hall–Kier alpha value is -0.530. The summed E-state index contributed by atoms with van der Waals surface area (Å²) in [6, 6.07) is -0.142. The van der Waals surface area contributed by atoms with Crippen LogP contribution in [0.1, 0.15) is 62.1 Å². The van der Waals surface area contributed by atoms with Gasteiger partial charge in [0, 0.05) is 12.3 Å². The molecule has 1 heterocycles. The van der Waals surface area contributed by atoms with E-state index in [-0.39, 0.29) is 17.2 Å². The highest BCUT2D eigenvalue weighted by molar-refractivity contribution is 7.91. The van der Waals surface area contributed by atoms with Crippen molar-refractivity contribution in [1.29, 1.82) is 0 Å². The Labute approximate surface area is 125 Å². The van der Waals surface area contributed by atoms with E-state index < -0.39 is 9.84 Å². The predicted molar refractivity (Wildman–Crippen MR) is 81.5 cm³/mol. The van der Waals surface area contributed by atoms with Crippen molar-refractivity contribution in [1.82, 2.24) is 9.59 Å². The quantitative estimate of drug-likeness (QED) is 0.920. The zero-order chi connectivity index (χ0) is 14.9. The second-order valence-corrected chi connectivity index (χ2v) is 9.19. The lowest BCUT2D eigenvalue weighted by molar-refractivity contribution is 0.310. The molecule has 7 heteroatoms. The molecule has 0 radical (unpaired) electrons. The van der Waals surface area contributed by atoms with Crippen LogP contribution in [0.4, 0.5) is 0 Å². The van der Waals surface area contributed by atoms with Crippen LogP contribution in [0.15, 0.2) is 0 Å². The normalized spacial score (nSPS) is 25.9. The summed E-state index contributed by atoms with van der Waals surface area (Å²) in [7, 11) is -2.97. The third-order valence-electron chi connectivity index (χ3n) is 4.17. The van der Waals surface area contributed by atoms with Crippen LogP contribution in [0.5, 0.6) is 0 Å². The molecule has 1 aromatic heterocycles. The maximum absolute atomic E-state index is 11.8. The van der Waals surface area contributed by atoms with Crippen molar-refractivity contribution in [2.24, 2.45) is 11.7 Å². The van der Waals surface area contributed by atoms with Gasteiger partial charge in [0.15, 0.2) is 0 Å². The van der Waals surface area contributed by atoms with Gasteiger partial charge >= 0.3 is 0 Å². The smallest absolute Gasteiger partial charge is 0.150 e. The Morgan fingerprint density at radius 2 is 2.05 bits per heavy atom. The van der Waals surface area contributed by atoms with Crippen molar-refractivity contribution in [3.63, 3.8) is 0 Å². The summed E-state index contributed by atoms with van der Waals surface area (Å²) < 4.78 is 27.5. The van der Waals surface area contributed by atoms with Gasteiger partial charge in [-0.3, -0.25) is 0 Å². The molecule has 5 nitrogen and oxygen atoms in total. The molecule has 0 aliphatic heterocycles. The summed E-state index contributed by atoms with van der Waals surface area (Å²) in [5.74, 6) is 0.507. The number of hydrogen-bond donors (Lipinski definition) is 1. The minimum atomic E-state index is -2.97. The van der Waals surface area contributed by atoms with Crippen molar-refractivity contribution in [3.8, 4) is 0 Å². The maximum Gasteiger partial charge on any atom is 0.150 e. The third-order valence-corrected chi connectivity index (χ3v) is 6.65. The highest BCUT2D eigenvalue weighted by atomic mass is 32.2. The molecule has 1 aliphatic rings. The fourth-order valence-corrected chi connectivity index (χ4v) is 5.04. The van der Waals surface area contributed by atoms with E-state index in [9.17, 15) is 8.42 Å². The first-order valence-corrected chi connectivity index (χ1v) is 9.80. The zero-order valence-corrected chi connectivity index (χ0v) is 13.9. The molecule has 114 valence electrons. The summed E-state index contributed by atoms with van der Waals surface area (Å²) in [6.45, 7) is 4.15. The molecule has 3 atom stereocenters. The molecule has 2 rings (SSSR count). The monoisotopic (exact) mass is 317 g/mol. The van der Waals surface area contributed by atoms with Crippen LogP contribution in [0.2, 0.25) is 0 Å². The molecule has 20 heavy (non-hydrogen) atoms. The molecule has 1 aromatic rings. The molecule has 1 aliphatic carbocycles. The van der Waals surface area contributed by atoms with Gasteiger partial charge < -0.3 is 5.73 Å². The van der Waals surface area contributed by atoms with E-state index in [0.717, 1.165) is 29.8 Å². The second-order valence-electron chi connectivity index (χ2n) is 6.08. The van der Waals surface area contributed by atoms with E-state index in [2.05, 4.69) is 23.4 Å². The molecule has 0 bridgehead atoms. The lowest BCUT2D eigenvalue weighted by Crippen LogP contribution is -2.33. The molecule has 0 spiro atoms. The number of rotatable bonds is 4. The van der Waals surface area contributed by atoms with Crippen molar-refractivity contribution < 1.29 is 8.42 Å². The third kappa shape index (κ3) is 3.38. The molecule has 0 aromatic carbocycles. The summed E-state index contributed by atoms with van der Waals surface area (Å²) in [4.78, 5) is 1.03. The van der Waals surface area contributed by atoms with Gasteiger partial charge in [-0.25, -0.2) is 8.42 Å². The molecule has 0 saturated heterocycles. The molecule has 2 N–H and O–H groups in total. The van der Waals surface area contributed by atoms with E-state index in [0.29, 0.717) is 12.3 Å². The minimum absolute atomic E-state index is 0.142. The lowest BCUT2D eigenvalue weighted by Gasteiger charge is -2.31. The van der Waals surface area contributed by atoms with E-state index in [1.807, 2.05) is 0 Å². The maximum atomic E-state index is 11.8. The molecule has 3 unspecified atom stereocenters. The zero-order valence-electron chi connectivity index (χ0n) is 12.2. The van der Waals surface area contributed by atoms with E-state index in [1.165, 1.54) is 17.8 Å². The van der Waals surface area contributed by atoms with Crippen LogP contribution in [0, 0.1) is 5.92 Å². The largest absolute Gasteiger partial charge is 0.323 e. The van der Waals surface area contributed by atoms with E-state index >= 15 is 0 Å². The van der Waals surface area contributed by atoms with Gasteiger partial charge in [0.05, 0.1) is 15.8 Å². The molecule has 0 amide bonds. The second kappa shape index (κ2) is 6.07. The van der Waals surface area contributed by atoms with Gasteiger partial charge in [0.2, 0.25) is 0 Å². The van der Waals surface area contributed by atoms with Crippen LogP contribution in [0.25, 0.3) is 0 Å². The van der Waals surface area contributed by atoms with Gasteiger partial charge in [-0.15, -0.1) is 5.10 Å². The Kier molecular flexibility index (Phi) is 4.81. The molecule has 1 saturated carbocycles. The molecule has 1 fully saturated rings. The SMILES string of the molecule is CC(C)c1nnsc1C(N)C1CCCC(S(C)(=O)=O)C1. The van der Waals surface area contributed by atoms with E-state index in [4.69, 9.17) is 5.73 Å². The van der Waals surface area contributed by atoms with Crippen molar-refractivity contribution in [3.05, 3.63) is 10.6 Å². The number of nitrogens with zero attached hydrogens (tertiary/aromatic N) is 2. The average Bonchev–Trinajstić information content (AvgIpc) is 2.86. The Morgan fingerprint density at radius 3 is 2.65 bits per heavy atom. The van der Waals surface area contributed by atoms with Crippen LogP contribution in [0.3, 0.4) is 0 Å². The number of aromatic nitrogens is 2. The highest BCUT2D eigenvalue weighted by Crippen LogP contribution is 2.38. The van der Waals surface area contributed by atoms with Crippen LogP contribution >= 0.6 is 11.5 Å². The van der Waals surface area contributed by atoms with Crippen molar-refractivity contribution in [2.45, 2.75) is 56.7 Å². The fraction of sp³-hybridized carbons (Fsp3) is 0.846. The highest BCUT2D eigenvalue weighted by Gasteiger charge is 2.34. The van der Waals surface area contributed by atoms with Gasteiger partial charge in [0.25, 0.3) is 0 Å². The Balaban J connectivity index is 2.16. The van der Waals surface area contributed by atoms with Crippen molar-refractivity contribution in [2.75, 3.05) is 6.26 Å². The Bertz CT molecular complexity index is 554. The first kappa shape index (κ1) is 15.9. The predicted octanol–water partition coefficient (Wildman–Crippen LogP) is 2.26. The van der Waals surface area contributed by atoms with Gasteiger partial charge in [-0.2, -0.15) is 0 Å².